The van der Waals surface area contributed by atoms with Gasteiger partial charge in [-0.15, -0.1) is 11.3 Å². The molecule has 3 heterocycles. The van der Waals surface area contributed by atoms with Crippen LogP contribution in [0.2, 0.25) is 0 Å². The van der Waals surface area contributed by atoms with Crippen molar-refractivity contribution in [1.82, 2.24) is 19.9 Å². The minimum absolute atomic E-state index is 0.286. The van der Waals surface area contributed by atoms with Crippen LogP contribution in [0.15, 0.2) is 50.8 Å². The van der Waals surface area contributed by atoms with Crippen molar-refractivity contribution in [2.24, 2.45) is 0 Å². The lowest BCUT2D eigenvalue weighted by Gasteiger charge is -2.46. The van der Waals surface area contributed by atoms with Crippen LogP contribution in [0.4, 0.5) is 0 Å². The fraction of sp³-hybridized carbons (Fsp3) is 0.409. The average molecular weight is 487 g/mol. The second-order valence-electron chi connectivity index (χ2n) is 8.00. The standard InChI is InChI=1S/C22H23BrN4O2S/c23-17-6-4-16(5-7-17)22(8-2-9-22)21(28)27-12-10-26(11-13-27)15-19-24-20(25-29-19)18-3-1-14-30-18/h1,3-7,14H,2,8-13,15H2. The number of benzene rings is 1. The zero-order valence-electron chi connectivity index (χ0n) is 16.6. The number of carbonyl (C=O) groups excluding carboxylic acids is 1. The van der Waals surface area contributed by atoms with Gasteiger partial charge in [-0.1, -0.05) is 45.7 Å². The van der Waals surface area contributed by atoms with Crippen molar-refractivity contribution < 1.29 is 9.32 Å². The van der Waals surface area contributed by atoms with Gasteiger partial charge in [0.25, 0.3) is 0 Å². The summed E-state index contributed by atoms with van der Waals surface area (Å²) < 4.78 is 6.48. The first-order valence-electron chi connectivity index (χ1n) is 10.3. The Morgan fingerprint density at radius 1 is 1.13 bits per heavy atom. The molecule has 2 aromatic heterocycles. The van der Waals surface area contributed by atoms with Crippen LogP contribution >= 0.6 is 27.3 Å². The van der Waals surface area contributed by atoms with E-state index in [4.69, 9.17) is 4.52 Å². The van der Waals surface area contributed by atoms with E-state index in [1.807, 2.05) is 34.5 Å². The molecule has 0 atom stereocenters. The summed E-state index contributed by atoms with van der Waals surface area (Å²) in [7, 11) is 0. The fourth-order valence-electron chi connectivity index (χ4n) is 4.35. The molecule has 0 spiro atoms. The first kappa shape index (κ1) is 19.9. The molecule has 5 rings (SSSR count). The molecule has 0 radical (unpaired) electrons. The molecular weight excluding hydrogens is 464 g/mol. The van der Waals surface area contributed by atoms with Gasteiger partial charge in [0.15, 0.2) is 0 Å². The SMILES string of the molecule is O=C(N1CCN(Cc2nc(-c3cccs3)no2)CC1)C1(c2ccc(Br)cc2)CCC1. The summed E-state index contributed by atoms with van der Waals surface area (Å²) in [5, 5.41) is 6.09. The third-order valence-electron chi connectivity index (χ3n) is 6.24. The molecule has 8 heteroatoms. The van der Waals surface area contributed by atoms with Crippen molar-refractivity contribution in [2.75, 3.05) is 26.2 Å². The highest BCUT2D eigenvalue weighted by molar-refractivity contribution is 9.10. The molecule has 2 aliphatic rings. The van der Waals surface area contributed by atoms with Crippen molar-refractivity contribution >= 4 is 33.2 Å². The summed E-state index contributed by atoms with van der Waals surface area (Å²) in [5.41, 5.74) is 0.821. The third-order valence-corrected chi connectivity index (χ3v) is 7.64. The van der Waals surface area contributed by atoms with E-state index in [9.17, 15) is 4.79 Å². The van der Waals surface area contributed by atoms with Crippen LogP contribution in [0.5, 0.6) is 0 Å². The maximum atomic E-state index is 13.4. The molecule has 0 unspecified atom stereocenters. The average Bonchev–Trinajstić information content (AvgIpc) is 3.41. The van der Waals surface area contributed by atoms with Gasteiger partial charge in [0.05, 0.1) is 16.8 Å². The van der Waals surface area contributed by atoms with Crippen LogP contribution in [0.3, 0.4) is 0 Å². The molecule has 1 amide bonds. The van der Waals surface area contributed by atoms with E-state index in [-0.39, 0.29) is 11.3 Å². The van der Waals surface area contributed by atoms with Crippen LogP contribution in [0.1, 0.15) is 30.7 Å². The number of nitrogens with zero attached hydrogens (tertiary/aromatic N) is 4. The number of hydrogen-bond donors (Lipinski definition) is 0. The molecule has 0 bridgehead atoms. The van der Waals surface area contributed by atoms with Gasteiger partial charge in [-0.05, 0) is 42.0 Å². The number of hydrogen-bond acceptors (Lipinski definition) is 6. The Labute approximate surface area is 188 Å². The van der Waals surface area contributed by atoms with Gasteiger partial charge in [-0.3, -0.25) is 9.69 Å². The summed E-state index contributed by atoms with van der Waals surface area (Å²) in [6, 6.07) is 12.2. The Bertz CT molecular complexity index is 1010. The number of amides is 1. The fourth-order valence-corrected chi connectivity index (χ4v) is 5.27. The minimum Gasteiger partial charge on any atom is -0.339 e. The maximum Gasteiger partial charge on any atom is 0.241 e. The van der Waals surface area contributed by atoms with Gasteiger partial charge in [0.2, 0.25) is 17.6 Å². The minimum atomic E-state index is -0.328. The second-order valence-corrected chi connectivity index (χ2v) is 9.86. The molecule has 1 saturated heterocycles. The summed E-state index contributed by atoms with van der Waals surface area (Å²) in [4.78, 5) is 23.3. The first-order valence-corrected chi connectivity index (χ1v) is 12.0. The molecule has 2 fully saturated rings. The molecule has 1 aliphatic heterocycles. The normalized spacial score (nSPS) is 18.9. The van der Waals surface area contributed by atoms with E-state index < -0.39 is 0 Å². The number of aromatic nitrogens is 2. The predicted molar refractivity (Wildman–Crippen MR) is 119 cm³/mol. The molecule has 1 saturated carbocycles. The predicted octanol–water partition coefficient (Wildman–Crippen LogP) is 4.33. The summed E-state index contributed by atoms with van der Waals surface area (Å²) in [5.74, 6) is 1.56. The van der Waals surface area contributed by atoms with Gasteiger partial charge in [0.1, 0.15) is 0 Å². The molecule has 6 nitrogen and oxygen atoms in total. The smallest absolute Gasteiger partial charge is 0.241 e. The molecular formula is C22H23BrN4O2S. The number of thiophene rings is 1. The van der Waals surface area contributed by atoms with Crippen LogP contribution in [-0.2, 0) is 16.8 Å². The monoisotopic (exact) mass is 486 g/mol. The number of carbonyl (C=O) groups is 1. The molecule has 30 heavy (non-hydrogen) atoms. The zero-order valence-corrected chi connectivity index (χ0v) is 19.0. The van der Waals surface area contributed by atoms with Crippen molar-refractivity contribution in [3.8, 4) is 10.7 Å². The van der Waals surface area contributed by atoms with Crippen LogP contribution < -0.4 is 0 Å². The zero-order chi connectivity index (χ0) is 20.6. The molecule has 1 aromatic carbocycles. The lowest BCUT2D eigenvalue weighted by Crippen LogP contribution is -2.56. The molecule has 1 aliphatic carbocycles. The van der Waals surface area contributed by atoms with E-state index in [2.05, 4.69) is 43.1 Å². The highest BCUT2D eigenvalue weighted by Gasteiger charge is 2.47. The van der Waals surface area contributed by atoms with E-state index in [1.54, 1.807) is 11.3 Å². The quantitative estimate of drug-likeness (QED) is 0.536. The lowest BCUT2D eigenvalue weighted by atomic mass is 9.63. The second kappa shape index (κ2) is 8.24. The topological polar surface area (TPSA) is 62.5 Å². The van der Waals surface area contributed by atoms with E-state index in [1.165, 1.54) is 0 Å². The third kappa shape index (κ3) is 3.72. The van der Waals surface area contributed by atoms with Crippen molar-refractivity contribution in [2.45, 2.75) is 31.2 Å². The van der Waals surface area contributed by atoms with Gasteiger partial charge in [0, 0.05) is 30.7 Å². The Morgan fingerprint density at radius 2 is 1.90 bits per heavy atom. The molecule has 156 valence electrons. The highest BCUT2D eigenvalue weighted by Crippen LogP contribution is 2.45. The number of halogens is 1. The molecule has 3 aromatic rings. The highest BCUT2D eigenvalue weighted by atomic mass is 79.9. The van der Waals surface area contributed by atoms with Crippen LogP contribution in [-0.4, -0.2) is 52.0 Å². The van der Waals surface area contributed by atoms with E-state index in [0.29, 0.717) is 18.3 Å². The van der Waals surface area contributed by atoms with Crippen LogP contribution in [0.25, 0.3) is 10.7 Å². The Balaban J connectivity index is 1.20. The Hall–Kier alpha value is -2.03. The summed E-state index contributed by atoms with van der Waals surface area (Å²) >= 11 is 5.10. The van der Waals surface area contributed by atoms with Crippen molar-refractivity contribution in [3.63, 3.8) is 0 Å². The Morgan fingerprint density at radius 3 is 2.53 bits per heavy atom. The maximum absolute atomic E-state index is 13.4. The number of rotatable bonds is 5. The lowest BCUT2D eigenvalue weighted by molar-refractivity contribution is -0.142. The van der Waals surface area contributed by atoms with Gasteiger partial charge in [-0.2, -0.15) is 4.98 Å². The van der Waals surface area contributed by atoms with Crippen LogP contribution in [0, 0.1) is 0 Å². The first-order chi connectivity index (χ1) is 14.6. The van der Waals surface area contributed by atoms with Gasteiger partial charge in [-0.25, -0.2) is 0 Å². The Kier molecular flexibility index (Phi) is 5.47. The van der Waals surface area contributed by atoms with Crippen molar-refractivity contribution in [3.05, 3.63) is 57.7 Å². The van der Waals surface area contributed by atoms with E-state index in [0.717, 1.165) is 60.4 Å². The number of piperazine rings is 1. The van der Waals surface area contributed by atoms with Gasteiger partial charge < -0.3 is 9.42 Å². The van der Waals surface area contributed by atoms with E-state index >= 15 is 0 Å². The largest absolute Gasteiger partial charge is 0.339 e. The van der Waals surface area contributed by atoms with Crippen molar-refractivity contribution in [1.29, 1.82) is 0 Å². The van der Waals surface area contributed by atoms with Gasteiger partial charge >= 0.3 is 0 Å². The summed E-state index contributed by atoms with van der Waals surface area (Å²) in [6.07, 6.45) is 3.01. The summed E-state index contributed by atoms with van der Waals surface area (Å²) in [6.45, 7) is 3.74. The molecule has 0 N–H and O–H groups in total.